The number of carbonyl (C=O) groups is 1. The van der Waals surface area contributed by atoms with Gasteiger partial charge in [0.15, 0.2) is 5.82 Å². The summed E-state index contributed by atoms with van der Waals surface area (Å²) in [6.07, 6.45) is 10.3. The van der Waals surface area contributed by atoms with Gasteiger partial charge >= 0.3 is 6.09 Å². The summed E-state index contributed by atoms with van der Waals surface area (Å²) in [5.74, 6) is 0.130. The van der Waals surface area contributed by atoms with E-state index in [1.807, 2.05) is 25.7 Å². The summed E-state index contributed by atoms with van der Waals surface area (Å²) in [5, 5.41) is 3.97. The van der Waals surface area contributed by atoms with E-state index in [1.165, 1.54) is 29.0 Å². The van der Waals surface area contributed by atoms with Gasteiger partial charge in [-0.2, -0.15) is 5.10 Å². The lowest BCUT2D eigenvalue weighted by Crippen LogP contribution is -2.65. The molecule has 2 heterocycles. The van der Waals surface area contributed by atoms with Gasteiger partial charge < -0.3 is 14.2 Å². The minimum Gasteiger partial charge on any atom is -0.490 e. The average molecular weight is 483 g/mol. The van der Waals surface area contributed by atoms with Gasteiger partial charge in [-0.05, 0) is 64.2 Å². The zero-order chi connectivity index (χ0) is 24.4. The molecule has 4 aliphatic rings. The van der Waals surface area contributed by atoms with Crippen LogP contribution >= 0.6 is 0 Å². The van der Waals surface area contributed by atoms with Crippen molar-refractivity contribution >= 4 is 6.09 Å². The van der Waals surface area contributed by atoms with Crippen molar-refractivity contribution in [3.63, 3.8) is 0 Å². The van der Waals surface area contributed by atoms with Crippen LogP contribution in [0.25, 0.3) is 5.69 Å². The third-order valence-electron chi connectivity index (χ3n) is 7.52. The van der Waals surface area contributed by atoms with Crippen LogP contribution in [0, 0.1) is 5.82 Å². The summed E-state index contributed by atoms with van der Waals surface area (Å²) in [6.45, 7) is 5.69. The SMILES string of the molecule is CC(C)(C)OC(=O)N1C2C=C3[C@H]1C[C@@]3(OC1CCC(Oc3ccc(-n4cncn4)c(F)c3)CC1)C2. The number of likely N-dealkylation sites (tertiary alicyclic amines) is 1. The standard InChI is InChI=1S/C26H31FN4O4/c1-25(2,3)35-24(32)31-16-10-20-23(31)13-26(20,12-16)34-18-6-4-17(5-7-18)33-19-8-9-22(21(27)11-19)30-15-28-14-29-30/h8-11,14-18,23H,4-7,12-13H2,1-3H3/t16?,17?,18?,23-,26+/m1/s1. The summed E-state index contributed by atoms with van der Waals surface area (Å²) in [7, 11) is 0. The van der Waals surface area contributed by atoms with Gasteiger partial charge in [-0.25, -0.2) is 18.9 Å². The second-order valence-corrected chi connectivity index (χ2v) is 11.1. The molecule has 35 heavy (non-hydrogen) atoms. The molecule has 2 bridgehead atoms. The number of benzene rings is 1. The van der Waals surface area contributed by atoms with Crippen LogP contribution in [-0.4, -0.2) is 61.3 Å². The number of piperidine rings is 2. The number of amides is 1. The van der Waals surface area contributed by atoms with Crippen molar-refractivity contribution < 1.29 is 23.4 Å². The normalized spacial score (nSPS) is 31.2. The molecule has 1 aromatic carbocycles. The molecule has 0 spiro atoms. The fraction of sp³-hybridized carbons (Fsp3) is 0.577. The number of fused-ring (bicyclic) bond motifs is 1. The lowest BCUT2D eigenvalue weighted by molar-refractivity contribution is -0.159. The van der Waals surface area contributed by atoms with Crippen LogP contribution in [0.2, 0.25) is 0 Å². The Kier molecular flexibility index (Phi) is 5.18. The van der Waals surface area contributed by atoms with Gasteiger partial charge in [0.1, 0.15) is 29.7 Å². The molecule has 0 saturated heterocycles. The minimum absolute atomic E-state index is 0.0417. The lowest BCUT2D eigenvalue weighted by Gasteiger charge is -2.56. The number of aromatic nitrogens is 3. The van der Waals surface area contributed by atoms with Gasteiger partial charge in [0.05, 0.1) is 29.9 Å². The van der Waals surface area contributed by atoms with Crippen LogP contribution < -0.4 is 4.74 Å². The Hall–Kier alpha value is -2.94. The monoisotopic (exact) mass is 482 g/mol. The summed E-state index contributed by atoms with van der Waals surface area (Å²) in [5.41, 5.74) is 0.907. The first-order valence-corrected chi connectivity index (χ1v) is 12.4. The molecule has 8 nitrogen and oxygen atoms in total. The van der Waals surface area contributed by atoms with Gasteiger partial charge in [0.2, 0.25) is 0 Å². The van der Waals surface area contributed by atoms with E-state index in [9.17, 15) is 9.18 Å². The Morgan fingerprint density at radius 3 is 2.54 bits per heavy atom. The van der Waals surface area contributed by atoms with Crippen molar-refractivity contribution in [3.8, 4) is 11.4 Å². The number of nitrogens with zero attached hydrogens (tertiary/aromatic N) is 4. The maximum Gasteiger partial charge on any atom is 0.411 e. The number of halogens is 1. The van der Waals surface area contributed by atoms with E-state index in [2.05, 4.69) is 16.2 Å². The molecular weight excluding hydrogens is 451 g/mol. The molecule has 2 aromatic rings. The van der Waals surface area contributed by atoms with Crippen molar-refractivity contribution in [2.75, 3.05) is 0 Å². The molecule has 0 radical (unpaired) electrons. The van der Waals surface area contributed by atoms with Crippen LogP contribution in [0.3, 0.4) is 0 Å². The first kappa shape index (κ1) is 22.5. The Balaban J connectivity index is 1.00. The summed E-state index contributed by atoms with van der Waals surface area (Å²) >= 11 is 0. The van der Waals surface area contributed by atoms with Gasteiger partial charge in [-0.15, -0.1) is 0 Å². The fourth-order valence-electron chi connectivity index (χ4n) is 6.04. The van der Waals surface area contributed by atoms with Gasteiger partial charge in [0.25, 0.3) is 0 Å². The molecule has 3 aliphatic carbocycles. The van der Waals surface area contributed by atoms with Crippen molar-refractivity contribution in [3.05, 3.63) is 48.3 Å². The van der Waals surface area contributed by atoms with Crippen LogP contribution in [0.5, 0.6) is 5.75 Å². The number of hydrogen-bond acceptors (Lipinski definition) is 6. The van der Waals surface area contributed by atoms with E-state index in [0.29, 0.717) is 11.4 Å². The molecule has 6 rings (SSSR count). The topological polar surface area (TPSA) is 78.7 Å². The Morgan fingerprint density at radius 2 is 1.91 bits per heavy atom. The molecule has 186 valence electrons. The summed E-state index contributed by atoms with van der Waals surface area (Å²) in [6, 6.07) is 5.04. The van der Waals surface area contributed by atoms with E-state index >= 15 is 0 Å². The van der Waals surface area contributed by atoms with Crippen molar-refractivity contribution in [2.45, 2.75) is 94.8 Å². The third kappa shape index (κ3) is 3.99. The van der Waals surface area contributed by atoms with E-state index in [1.54, 1.807) is 12.1 Å². The van der Waals surface area contributed by atoms with Crippen molar-refractivity contribution in [2.24, 2.45) is 0 Å². The van der Waals surface area contributed by atoms with Gasteiger partial charge in [-0.1, -0.05) is 6.08 Å². The molecule has 1 unspecified atom stereocenters. The maximum atomic E-state index is 14.5. The quantitative estimate of drug-likeness (QED) is 0.581. The zero-order valence-electron chi connectivity index (χ0n) is 20.3. The zero-order valence-corrected chi connectivity index (χ0v) is 20.3. The first-order valence-electron chi connectivity index (χ1n) is 12.4. The highest BCUT2D eigenvalue weighted by Gasteiger charge is 2.66. The smallest absolute Gasteiger partial charge is 0.411 e. The molecule has 2 saturated carbocycles. The highest BCUT2D eigenvalue weighted by molar-refractivity contribution is 5.74. The molecule has 0 N–H and O–H groups in total. The van der Waals surface area contributed by atoms with Gasteiger partial charge in [0, 0.05) is 18.9 Å². The minimum atomic E-state index is -0.493. The van der Waals surface area contributed by atoms with E-state index < -0.39 is 11.4 Å². The largest absolute Gasteiger partial charge is 0.490 e. The lowest BCUT2D eigenvalue weighted by atomic mass is 9.68. The Labute approximate surface area is 204 Å². The van der Waals surface area contributed by atoms with E-state index in [-0.39, 0.29) is 36.0 Å². The Bertz CT molecular complexity index is 1150. The first-order chi connectivity index (χ1) is 16.7. The van der Waals surface area contributed by atoms with Crippen molar-refractivity contribution in [1.29, 1.82) is 0 Å². The highest BCUT2D eigenvalue weighted by Crippen LogP contribution is 2.59. The molecule has 1 aliphatic heterocycles. The average Bonchev–Trinajstić information content (AvgIpc) is 3.48. The summed E-state index contributed by atoms with van der Waals surface area (Å²) < 4.78 is 34.3. The number of ether oxygens (including phenoxy) is 3. The highest BCUT2D eigenvalue weighted by atomic mass is 19.1. The van der Waals surface area contributed by atoms with E-state index in [0.717, 1.165) is 38.5 Å². The second-order valence-electron chi connectivity index (χ2n) is 11.1. The maximum absolute atomic E-state index is 14.5. The van der Waals surface area contributed by atoms with Crippen LogP contribution in [0.1, 0.15) is 59.3 Å². The van der Waals surface area contributed by atoms with Gasteiger partial charge in [-0.3, -0.25) is 4.90 Å². The third-order valence-corrected chi connectivity index (χ3v) is 7.52. The van der Waals surface area contributed by atoms with Crippen LogP contribution in [-0.2, 0) is 9.47 Å². The molecule has 9 heteroatoms. The van der Waals surface area contributed by atoms with E-state index in [4.69, 9.17) is 14.2 Å². The predicted octanol–water partition coefficient (Wildman–Crippen LogP) is 4.57. The molecule has 3 atom stereocenters. The predicted molar refractivity (Wildman–Crippen MR) is 125 cm³/mol. The Morgan fingerprint density at radius 1 is 1.14 bits per heavy atom. The fourth-order valence-corrected chi connectivity index (χ4v) is 6.04. The molecule has 1 aromatic heterocycles. The molecule has 1 amide bonds. The summed E-state index contributed by atoms with van der Waals surface area (Å²) in [4.78, 5) is 18.4. The number of hydrogen-bond donors (Lipinski definition) is 0. The number of rotatable bonds is 5. The number of carbonyl (C=O) groups excluding carboxylic acids is 1. The van der Waals surface area contributed by atoms with Crippen molar-refractivity contribution in [1.82, 2.24) is 19.7 Å². The van der Waals surface area contributed by atoms with Crippen LogP contribution in [0.15, 0.2) is 42.5 Å². The molecule has 2 fully saturated rings. The van der Waals surface area contributed by atoms with Crippen LogP contribution in [0.4, 0.5) is 9.18 Å². The molecular formula is C26H31FN4O4. The second kappa shape index (κ2) is 8.05.